The van der Waals surface area contributed by atoms with Gasteiger partial charge < -0.3 is 8.37 Å². The monoisotopic (exact) mass is 430 g/mol. The van der Waals surface area contributed by atoms with Crippen molar-refractivity contribution in [2.45, 2.75) is 38.5 Å². The van der Waals surface area contributed by atoms with E-state index in [1.165, 1.54) is 24.3 Å². The first-order valence-corrected chi connectivity index (χ1v) is 11.3. The SMILES string of the molecule is CCC(c1ccc(OS(=O)(=O)O)cc1)C(CC)c1ccc(OS(=O)(=O)O)cc1. The molecular formula is C18H22O8S2. The van der Waals surface area contributed by atoms with Gasteiger partial charge in [0.2, 0.25) is 0 Å². The molecule has 0 saturated carbocycles. The Balaban J connectivity index is 2.25. The van der Waals surface area contributed by atoms with Gasteiger partial charge >= 0.3 is 20.8 Å². The molecule has 28 heavy (non-hydrogen) atoms. The Morgan fingerprint density at radius 3 is 1.18 bits per heavy atom. The van der Waals surface area contributed by atoms with Gasteiger partial charge in [0, 0.05) is 0 Å². The molecule has 2 rings (SSSR count). The van der Waals surface area contributed by atoms with Gasteiger partial charge in [0.15, 0.2) is 0 Å². The molecule has 2 atom stereocenters. The lowest BCUT2D eigenvalue weighted by atomic mass is 9.78. The van der Waals surface area contributed by atoms with Gasteiger partial charge in [0.1, 0.15) is 11.5 Å². The Kier molecular flexibility index (Phi) is 7.05. The van der Waals surface area contributed by atoms with Crippen LogP contribution in [0.15, 0.2) is 48.5 Å². The highest BCUT2D eigenvalue weighted by atomic mass is 32.3. The summed E-state index contributed by atoms with van der Waals surface area (Å²) < 4.78 is 69.6. The molecule has 154 valence electrons. The molecule has 10 heteroatoms. The van der Waals surface area contributed by atoms with Gasteiger partial charge in [-0.2, -0.15) is 16.8 Å². The standard InChI is InChI=1S/C18H22O8S2/c1-3-17(13-5-9-15(10-6-13)25-27(19,20)21)18(4-2)14-7-11-16(12-8-14)26-28(22,23)24/h5-12,17-18H,3-4H2,1-2H3,(H,19,20,21)(H,22,23,24). The number of rotatable bonds is 9. The zero-order valence-corrected chi connectivity index (χ0v) is 17.0. The molecule has 0 aliphatic carbocycles. The van der Waals surface area contributed by atoms with Crippen LogP contribution in [0, 0.1) is 0 Å². The van der Waals surface area contributed by atoms with Gasteiger partial charge in [-0.25, -0.2) is 0 Å². The number of hydrogen-bond acceptors (Lipinski definition) is 6. The van der Waals surface area contributed by atoms with Gasteiger partial charge in [0.25, 0.3) is 0 Å². The van der Waals surface area contributed by atoms with Crippen molar-refractivity contribution in [3.05, 3.63) is 59.7 Å². The van der Waals surface area contributed by atoms with Crippen LogP contribution in [0.2, 0.25) is 0 Å². The normalized spacial score (nSPS) is 14.3. The fourth-order valence-electron chi connectivity index (χ4n) is 3.29. The van der Waals surface area contributed by atoms with E-state index in [4.69, 9.17) is 9.11 Å². The maximum atomic E-state index is 10.8. The zero-order valence-electron chi connectivity index (χ0n) is 15.3. The van der Waals surface area contributed by atoms with Crippen LogP contribution in [0.3, 0.4) is 0 Å². The van der Waals surface area contributed by atoms with Gasteiger partial charge in [0.05, 0.1) is 0 Å². The van der Waals surface area contributed by atoms with Crippen molar-refractivity contribution in [2.24, 2.45) is 0 Å². The molecule has 8 nitrogen and oxygen atoms in total. The molecule has 0 saturated heterocycles. The van der Waals surface area contributed by atoms with E-state index in [2.05, 4.69) is 8.37 Å². The summed E-state index contributed by atoms with van der Waals surface area (Å²) in [5.74, 6) is 0.248. The minimum absolute atomic E-state index is 0.0147. The molecule has 0 bridgehead atoms. The van der Waals surface area contributed by atoms with Gasteiger partial charge in [-0.15, -0.1) is 0 Å². The van der Waals surface area contributed by atoms with Crippen molar-refractivity contribution in [1.29, 1.82) is 0 Å². The van der Waals surface area contributed by atoms with Crippen molar-refractivity contribution < 1.29 is 34.3 Å². The fraction of sp³-hybridized carbons (Fsp3) is 0.333. The lowest BCUT2D eigenvalue weighted by Crippen LogP contribution is -2.11. The smallest absolute Gasteiger partial charge is 0.362 e. The average Bonchev–Trinajstić information content (AvgIpc) is 2.59. The van der Waals surface area contributed by atoms with Crippen LogP contribution in [0.1, 0.15) is 49.7 Å². The lowest BCUT2D eigenvalue weighted by molar-refractivity contribution is 0.384. The van der Waals surface area contributed by atoms with Gasteiger partial charge in [-0.1, -0.05) is 38.1 Å². The summed E-state index contributed by atoms with van der Waals surface area (Å²) in [5.41, 5.74) is 1.94. The molecule has 0 aliphatic heterocycles. The molecule has 0 fully saturated rings. The summed E-state index contributed by atoms with van der Waals surface area (Å²) in [6, 6.07) is 12.9. The van der Waals surface area contributed by atoms with Crippen molar-refractivity contribution in [3.8, 4) is 11.5 Å². The molecule has 0 radical (unpaired) electrons. The summed E-state index contributed by atoms with van der Waals surface area (Å²) in [6.07, 6.45) is 1.61. The van der Waals surface area contributed by atoms with E-state index in [9.17, 15) is 16.8 Å². The van der Waals surface area contributed by atoms with Crippen molar-refractivity contribution >= 4 is 20.8 Å². The molecule has 0 aromatic heterocycles. The molecule has 0 heterocycles. The summed E-state index contributed by atoms with van der Waals surface area (Å²) in [4.78, 5) is 0. The van der Waals surface area contributed by atoms with Crippen LogP contribution in [0.25, 0.3) is 0 Å². The first kappa shape index (κ1) is 22.2. The van der Waals surface area contributed by atoms with Crippen LogP contribution in [-0.4, -0.2) is 25.9 Å². The third-order valence-corrected chi connectivity index (χ3v) is 5.19. The molecule has 2 aromatic rings. The van der Waals surface area contributed by atoms with E-state index in [-0.39, 0.29) is 23.3 Å². The summed E-state index contributed by atoms with van der Waals surface area (Å²) >= 11 is 0. The predicted molar refractivity (Wildman–Crippen MR) is 103 cm³/mol. The van der Waals surface area contributed by atoms with Crippen LogP contribution in [0.5, 0.6) is 11.5 Å². The lowest BCUT2D eigenvalue weighted by Gasteiger charge is -2.26. The minimum Gasteiger partial charge on any atom is -0.362 e. The Morgan fingerprint density at radius 1 is 0.679 bits per heavy atom. The van der Waals surface area contributed by atoms with Gasteiger partial charge in [-0.3, -0.25) is 9.11 Å². The van der Waals surface area contributed by atoms with Gasteiger partial charge in [-0.05, 0) is 60.1 Å². The Morgan fingerprint density at radius 2 is 0.964 bits per heavy atom. The van der Waals surface area contributed by atoms with Crippen molar-refractivity contribution in [2.75, 3.05) is 0 Å². The summed E-state index contributed by atoms with van der Waals surface area (Å²) in [7, 11) is -9.14. The molecule has 0 amide bonds. The second-order valence-corrected chi connectivity index (χ2v) is 8.23. The second-order valence-electron chi connectivity index (χ2n) is 6.19. The third kappa shape index (κ3) is 6.48. The van der Waals surface area contributed by atoms with Crippen LogP contribution in [0.4, 0.5) is 0 Å². The minimum atomic E-state index is -4.57. The molecule has 2 N–H and O–H groups in total. The van der Waals surface area contributed by atoms with Crippen LogP contribution < -0.4 is 8.37 Å². The fourth-order valence-corrected chi connectivity index (χ4v) is 4.00. The highest BCUT2D eigenvalue weighted by Crippen LogP contribution is 2.39. The second kappa shape index (κ2) is 8.91. The Hall–Kier alpha value is -2.14. The van der Waals surface area contributed by atoms with E-state index in [0.29, 0.717) is 0 Å². The molecular weight excluding hydrogens is 408 g/mol. The quantitative estimate of drug-likeness (QED) is 0.576. The maximum Gasteiger partial charge on any atom is 0.446 e. The van der Waals surface area contributed by atoms with Crippen LogP contribution >= 0.6 is 0 Å². The molecule has 2 unspecified atom stereocenters. The third-order valence-electron chi connectivity index (χ3n) is 4.38. The van der Waals surface area contributed by atoms with E-state index in [1.54, 1.807) is 24.3 Å². The highest BCUT2D eigenvalue weighted by molar-refractivity contribution is 7.81. The number of benzene rings is 2. The van der Waals surface area contributed by atoms with E-state index in [1.807, 2.05) is 13.8 Å². The summed E-state index contributed by atoms with van der Waals surface area (Å²) in [6.45, 7) is 4.07. The topological polar surface area (TPSA) is 127 Å². The molecule has 0 spiro atoms. The van der Waals surface area contributed by atoms with Crippen LogP contribution in [-0.2, 0) is 20.8 Å². The maximum absolute atomic E-state index is 10.8. The average molecular weight is 431 g/mol. The largest absolute Gasteiger partial charge is 0.446 e. The Labute approximate surface area is 165 Å². The zero-order chi connectivity index (χ0) is 20.9. The first-order chi connectivity index (χ1) is 13.0. The van der Waals surface area contributed by atoms with E-state index in [0.717, 1.165) is 24.0 Å². The van der Waals surface area contributed by atoms with E-state index >= 15 is 0 Å². The summed E-state index contributed by atoms with van der Waals surface area (Å²) in [5, 5.41) is 0. The molecule has 2 aromatic carbocycles. The van der Waals surface area contributed by atoms with Crippen molar-refractivity contribution in [3.63, 3.8) is 0 Å². The number of hydrogen-bond donors (Lipinski definition) is 2. The highest BCUT2D eigenvalue weighted by Gasteiger charge is 2.22. The van der Waals surface area contributed by atoms with Crippen molar-refractivity contribution in [1.82, 2.24) is 0 Å². The molecule has 0 aliphatic rings. The Bertz CT molecular complexity index is 897. The first-order valence-electron chi connectivity index (χ1n) is 8.56. The predicted octanol–water partition coefficient (Wildman–Crippen LogP) is 3.74. The van der Waals surface area contributed by atoms with E-state index < -0.39 is 20.8 Å².